The quantitative estimate of drug-likeness (QED) is 0.659. The van der Waals surface area contributed by atoms with E-state index in [1.165, 1.54) is 32.1 Å². The van der Waals surface area contributed by atoms with Gasteiger partial charge < -0.3 is 10.2 Å². The number of amides is 1. The van der Waals surface area contributed by atoms with E-state index in [1.54, 1.807) is 0 Å². The van der Waals surface area contributed by atoms with Crippen LogP contribution in [0.3, 0.4) is 0 Å². The number of primary amides is 1. The van der Waals surface area contributed by atoms with Gasteiger partial charge in [-0.1, -0.05) is 51.9 Å². The lowest BCUT2D eigenvalue weighted by atomic mass is 9.81. The maximum Gasteiger partial charge on any atom is 0.248 e. The van der Waals surface area contributed by atoms with Crippen LogP contribution in [0.4, 0.5) is 0 Å². The summed E-state index contributed by atoms with van der Waals surface area (Å²) in [5.74, 6) is 0.546. The van der Waals surface area contributed by atoms with Crippen molar-refractivity contribution >= 4 is 14.9 Å². The number of rotatable bonds is 9. The van der Waals surface area contributed by atoms with Gasteiger partial charge in [-0.3, -0.25) is 4.79 Å². The lowest BCUT2D eigenvalue weighted by Crippen LogP contribution is -2.49. The molecule has 0 saturated heterocycles. The minimum absolute atomic E-state index is 0.233. The zero-order valence-corrected chi connectivity index (χ0v) is 14.8. The van der Waals surface area contributed by atoms with Crippen molar-refractivity contribution in [1.29, 1.82) is 0 Å². The van der Waals surface area contributed by atoms with E-state index in [0.29, 0.717) is 0 Å². The number of hydrogen-bond donors (Lipinski definition) is 1. The standard InChI is InChI=1S/C16H33NO2Si/c1-4-5-12-16(15(17)18,19-20(2)3)13-11-14-9-7-6-8-10-14/h14,20H,4-13H2,1-3H3,(H2,17,18). The van der Waals surface area contributed by atoms with Gasteiger partial charge in [-0.05, 0) is 38.3 Å². The van der Waals surface area contributed by atoms with Crippen molar-refractivity contribution in [3.63, 3.8) is 0 Å². The zero-order valence-electron chi connectivity index (χ0n) is 13.6. The molecule has 1 saturated carbocycles. The van der Waals surface area contributed by atoms with Crippen molar-refractivity contribution < 1.29 is 9.22 Å². The average molecular weight is 300 g/mol. The second-order valence-electron chi connectivity index (χ2n) is 6.67. The summed E-state index contributed by atoms with van der Waals surface area (Å²) >= 11 is 0. The Bertz CT molecular complexity index is 290. The van der Waals surface area contributed by atoms with E-state index in [1.807, 2.05) is 0 Å². The molecule has 0 heterocycles. The topological polar surface area (TPSA) is 52.3 Å². The Morgan fingerprint density at radius 3 is 2.40 bits per heavy atom. The van der Waals surface area contributed by atoms with Crippen LogP contribution in [0.1, 0.15) is 71.1 Å². The van der Waals surface area contributed by atoms with Gasteiger partial charge in [0.15, 0.2) is 9.04 Å². The summed E-state index contributed by atoms with van der Waals surface area (Å²) in [4.78, 5) is 12.1. The Labute approximate surface area is 126 Å². The second kappa shape index (κ2) is 8.83. The predicted molar refractivity (Wildman–Crippen MR) is 87.2 cm³/mol. The molecule has 4 heteroatoms. The molecule has 0 aliphatic heterocycles. The molecule has 0 radical (unpaired) electrons. The predicted octanol–water partition coefficient (Wildman–Crippen LogP) is 3.76. The molecule has 0 aromatic rings. The van der Waals surface area contributed by atoms with Crippen molar-refractivity contribution in [1.82, 2.24) is 0 Å². The molecule has 3 nitrogen and oxygen atoms in total. The van der Waals surface area contributed by atoms with E-state index < -0.39 is 14.6 Å². The summed E-state index contributed by atoms with van der Waals surface area (Å²) in [6.07, 6.45) is 11.6. The Morgan fingerprint density at radius 1 is 1.25 bits per heavy atom. The molecule has 0 aromatic heterocycles. The fourth-order valence-corrected chi connectivity index (χ4v) is 4.63. The molecule has 1 unspecified atom stereocenters. The minimum atomic E-state index is -1.27. The van der Waals surface area contributed by atoms with Crippen LogP contribution in [-0.4, -0.2) is 20.5 Å². The Kier molecular flexibility index (Phi) is 7.81. The van der Waals surface area contributed by atoms with E-state index in [-0.39, 0.29) is 5.91 Å². The van der Waals surface area contributed by atoms with Crippen molar-refractivity contribution in [2.75, 3.05) is 0 Å². The van der Waals surface area contributed by atoms with Crippen LogP contribution in [-0.2, 0) is 9.22 Å². The van der Waals surface area contributed by atoms with Crippen molar-refractivity contribution in [3.05, 3.63) is 0 Å². The first kappa shape index (κ1) is 17.7. The fraction of sp³-hybridized carbons (Fsp3) is 0.938. The van der Waals surface area contributed by atoms with Crippen molar-refractivity contribution in [3.8, 4) is 0 Å². The maximum absolute atomic E-state index is 12.1. The van der Waals surface area contributed by atoms with Gasteiger partial charge in [0.1, 0.15) is 5.60 Å². The highest BCUT2D eigenvalue weighted by molar-refractivity contribution is 6.48. The first-order valence-electron chi connectivity index (χ1n) is 8.48. The molecule has 1 aliphatic carbocycles. The van der Waals surface area contributed by atoms with Gasteiger partial charge in [-0.15, -0.1) is 0 Å². The SMILES string of the molecule is CCCCC(CCC1CCCCC1)(O[SiH](C)C)C(N)=O. The molecular weight excluding hydrogens is 266 g/mol. The van der Waals surface area contributed by atoms with Crippen molar-refractivity contribution in [2.45, 2.75) is 89.8 Å². The smallest absolute Gasteiger partial charge is 0.248 e. The number of carbonyl (C=O) groups is 1. The van der Waals surface area contributed by atoms with Gasteiger partial charge in [-0.2, -0.15) is 0 Å². The monoisotopic (exact) mass is 299 g/mol. The van der Waals surface area contributed by atoms with Crippen LogP contribution in [0, 0.1) is 5.92 Å². The molecule has 1 aliphatic rings. The van der Waals surface area contributed by atoms with Crippen molar-refractivity contribution in [2.24, 2.45) is 11.7 Å². The minimum Gasteiger partial charge on any atom is -0.406 e. The van der Waals surface area contributed by atoms with Crippen LogP contribution < -0.4 is 5.73 Å². The molecular formula is C16H33NO2Si. The van der Waals surface area contributed by atoms with Gasteiger partial charge in [0.05, 0.1) is 0 Å². The Balaban J connectivity index is 2.65. The largest absolute Gasteiger partial charge is 0.406 e. The Hall–Kier alpha value is -0.353. The van der Waals surface area contributed by atoms with E-state index in [0.717, 1.165) is 38.0 Å². The van der Waals surface area contributed by atoms with Gasteiger partial charge in [0.25, 0.3) is 0 Å². The average Bonchev–Trinajstić information content (AvgIpc) is 2.42. The van der Waals surface area contributed by atoms with Gasteiger partial charge in [0.2, 0.25) is 5.91 Å². The molecule has 0 aromatic carbocycles. The molecule has 118 valence electrons. The summed E-state index contributed by atoms with van der Waals surface area (Å²) in [6.45, 7) is 6.41. The highest BCUT2D eigenvalue weighted by atomic mass is 28.3. The van der Waals surface area contributed by atoms with Crippen LogP contribution in [0.5, 0.6) is 0 Å². The molecule has 1 rings (SSSR count). The molecule has 1 atom stereocenters. The molecule has 0 bridgehead atoms. The summed E-state index contributed by atoms with van der Waals surface area (Å²) in [6, 6.07) is 0. The van der Waals surface area contributed by atoms with E-state index in [4.69, 9.17) is 10.2 Å². The van der Waals surface area contributed by atoms with E-state index in [9.17, 15) is 4.79 Å². The Morgan fingerprint density at radius 2 is 1.90 bits per heavy atom. The lowest BCUT2D eigenvalue weighted by Gasteiger charge is -2.35. The van der Waals surface area contributed by atoms with Crippen LogP contribution in [0.15, 0.2) is 0 Å². The van der Waals surface area contributed by atoms with Gasteiger partial charge in [-0.25, -0.2) is 0 Å². The third-order valence-electron chi connectivity index (χ3n) is 4.53. The third kappa shape index (κ3) is 5.56. The first-order chi connectivity index (χ1) is 9.50. The fourth-order valence-electron chi connectivity index (χ4n) is 3.37. The highest BCUT2D eigenvalue weighted by Gasteiger charge is 2.38. The second-order valence-corrected chi connectivity index (χ2v) is 9.00. The van der Waals surface area contributed by atoms with Gasteiger partial charge in [0, 0.05) is 0 Å². The molecule has 1 amide bonds. The number of hydrogen-bond acceptors (Lipinski definition) is 2. The maximum atomic E-state index is 12.1. The summed E-state index contributed by atoms with van der Waals surface area (Å²) in [5, 5.41) is 0. The molecule has 2 N–H and O–H groups in total. The highest BCUT2D eigenvalue weighted by Crippen LogP contribution is 2.33. The normalized spacial score (nSPS) is 20.0. The summed E-state index contributed by atoms with van der Waals surface area (Å²) in [7, 11) is -1.27. The van der Waals surface area contributed by atoms with Crippen LogP contribution in [0.25, 0.3) is 0 Å². The zero-order chi connectivity index (χ0) is 15.0. The number of carbonyl (C=O) groups excluding carboxylic acids is 1. The summed E-state index contributed by atoms with van der Waals surface area (Å²) < 4.78 is 6.16. The van der Waals surface area contributed by atoms with E-state index in [2.05, 4.69) is 20.0 Å². The van der Waals surface area contributed by atoms with Gasteiger partial charge >= 0.3 is 0 Å². The first-order valence-corrected chi connectivity index (χ1v) is 11.3. The number of unbranched alkanes of at least 4 members (excludes halogenated alkanes) is 1. The molecule has 0 spiro atoms. The van der Waals surface area contributed by atoms with E-state index >= 15 is 0 Å². The summed E-state index contributed by atoms with van der Waals surface area (Å²) in [5.41, 5.74) is 5.06. The molecule has 20 heavy (non-hydrogen) atoms. The lowest BCUT2D eigenvalue weighted by molar-refractivity contribution is -0.135. The molecule has 1 fully saturated rings. The van der Waals surface area contributed by atoms with Crippen LogP contribution >= 0.6 is 0 Å². The number of nitrogens with two attached hydrogens (primary N) is 1. The van der Waals surface area contributed by atoms with Crippen LogP contribution in [0.2, 0.25) is 13.1 Å². The third-order valence-corrected chi connectivity index (χ3v) is 5.45.